The van der Waals surface area contributed by atoms with E-state index in [-0.39, 0.29) is 5.91 Å². The molecule has 0 spiro atoms. The SMILES string of the molecule is C=CCOc1ccc(C[NH+](C)CC(=O)Nc2c(Cl)cccc2Cl)cc1. The smallest absolute Gasteiger partial charge is 0.279 e. The van der Waals surface area contributed by atoms with Gasteiger partial charge in [-0.2, -0.15) is 0 Å². The third-order valence-electron chi connectivity index (χ3n) is 3.49. The molecule has 0 aliphatic rings. The number of quaternary nitrogens is 1. The molecule has 0 aliphatic carbocycles. The van der Waals surface area contributed by atoms with Crippen molar-refractivity contribution < 1.29 is 14.4 Å². The number of carbonyl (C=O) groups is 1. The average molecular weight is 380 g/mol. The number of para-hydroxylation sites is 1. The largest absolute Gasteiger partial charge is 0.490 e. The van der Waals surface area contributed by atoms with Crippen molar-refractivity contribution in [3.63, 3.8) is 0 Å². The van der Waals surface area contributed by atoms with Crippen molar-refractivity contribution in [2.75, 3.05) is 25.5 Å². The number of ether oxygens (including phenoxy) is 1. The molecule has 0 radical (unpaired) electrons. The monoisotopic (exact) mass is 379 g/mol. The molecule has 2 N–H and O–H groups in total. The molecule has 2 aromatic carbocycles. The second kappa shape index (κ2) is 9.47. The van der Waals surface area contributed by atoms with Gasteiger partial charge in [0, 0.05) is 5.56 Å². The summed E-state index contributed by atoms with van der Waals surface area (Å²) in [5.41, 5.74) is 1.57. The highest BCUT2D eigenvalue weighted by Gasteiger charge is 2.14. The van der Waals surface area contributed by atoms with Crippen LogP contribution in [0.15, 0.2) is 55.1 Å². The quantitative estimate of drug-likeness (QED) is 0.691. The molecule has 1 amide bonds. The van der Waals surface area contributed by atoms with E-state index in [1.54, 1.807) is 24.3 Å². The molecule has 0 fully saturated rings. The Labute approximate surface area is 158 Å². The van der Waals surface area contributed by atoms with Crippen LogP contribution in [0.2, 0.25) is 10.0 Å². The van der Waals surface area contributed by atoms with E-state index in [1.165, 1.54) is 0 Å². The van der Waals surface area contributed by atoms with Gasteiger partial charge >= 0.3 is 0 Å². The van der Waals surface area contributed by atoms with E-state index in [0.29, 0.717) is 35.4 Å². The van der Waals surface area contributed by atoms with Gasteiger partial charge in [0.25, 0.3) is 5.91 Å². The Hall–Kier alpha value is -2.01. The van der Waals surface area contributed by atoms with E-state index < -0.39 is 0 Å². The highest BCUT2D eigenvalue weighted by atomic mass is 35.5. The number of benzene rings is 2. The zero-order valence-electron chi connectivity index (χ0n) is 14.0. The maximum Gasteiger partial charge on any atom is 0.279 e. The minimum Gasteiger partial charge on any atom is -0.490 e. The van der Waals surface area contributed by atoms with Crippen LogP contribution in [0.4, 0.5) is 5.69 Å². The van der Waals surface area contributed by atoms with Gasteiger partial charge in [0.15, 0.2) is 6.54 Å². The van der Waals surface area contributed by atoms with Crippen molar-refractivity contribution in [2.24, 2.45) is 0 Å². The van der Waals surface area contributed by atoms with Gasteiger partial charge in [-0.25, -0.2) is 0 Å². The van der Waals surface area contributed by atoms with Gasteiger partial charge in [-0.1, -0.05) is 41.9 Å². The Balaban J connectivity index is 1.88. The zero-order valence-corrected chi connectivity index (χ0v) is 15.5. The molecule has 0 heterocycles. The van der Waals surface area contributed by atoms with Crippen LogP contribution < -0.4 is 15.0 Å². The van der Waals surface area contributed by atoms with Crippen LogP contribution in [-0.2, 0) is 11.3 Å². The van der Waals surface area contributed by atoms with Crippen LogP contribution in [0, 0.1) is 0 Å². The number of amides is 1. The molecule has 1 unspecified atom stereocenters. The summed E-state index contributed by atoms with van der Waals surface area (Å²) >= 11 is 12.1. The molecular formula is C19H21Cl2N2O2+. The van der Waals surface area contributed by atoms with Crippen LogP contribution in [0.1, 0.15) is 5.56 Å². The lowest BCUT2D eigenvalue weighted by Crippen LogP contribution is -3.08. The predicted octanol–water partition coefficient (Wildman–Crippen LogP) is 3.21. The van der Waals surface area contributed by atoms with E-state index in [0.717, 1.165) is 16.2 Å². The van der Waals surface area contributed by atoms with Crippen LogP contribution >= 0.6 is 23.2 Å². The normalized spacial score (nSPS) is 11.6. The molecule has 4 nitrogen and oxygen atoms in total. The van der Waals surface area contributed by atoms with Crippen LogP contribution in [0.25, 0.3) is 0 Å². The fourth-order valence-corrected chi connectivity index (χ4v) is 2.84. The van der Waals surface area contributed by atoms with Gasteiger partial charge in [-0.05, 0) is 36.4 Å². The third kappa shape index (κ3) is 6.09. The Morgan fingerprint density at radius 1 is 1.20 bits per heavy atom. The summed E-state index contributed by atoms with van der Waals surface area (Å²) in [4.78, 5) is 13.3. The first-order valence-corrected chi connectivity index (χ1v) is 8.63. The fourth-order valence-electron chi connectivity index (χ4n) is 2.34. The Morgan fingerprint density at radius 2 is 1.84 bits per heavy atom. The maximum atomic E-state index is 12.2. The summed E-state index contributed by atoms with van der Waals surface area (Å²) in [6.07, 6.45) is 1.70. The third-order valence-corrected chi connectivity index (χ3v) is 4.12. The van der Waals surface area contributed by atoms with Gasteiger partial charge in [0.2, 0.25) is 0 Å². The van der Waals surface area contributed by atoms with Gasteiger partial charge in [-0.3, -0.25) is 4.79 Å². The molecule has 0 saturated carbocycles. The summed E-state index contributed by atoms with van der Waals surface area (Å²) in [6, 6.07) is 12.9. The minimum absolute atomic E-state index is 0.140. The number of likely N-dealkylation sites (N-methyl/N-ethyl adjacent to an activating group) is 1. The number of rotatable bonds is 8. The van der Waals surface area contributed by atoms with Gasteiger partial charge < -0.3 is 15.0 Å². The maximum absolute atomic E-state index is 12.2. The Morgan fingerprint density at radius 3 is 2.44 bits per heavy atom. The average Bonchev–Trinajstić information content (AvgIpc) is 2.57. The molecule has 0 saturated heterocycles. The summed E-state index contributed by atoms with van der Waals surface area (Å²) in [5, 5.41) is 3.62. The molecule has 132 valence electrons. The number of hydrogen-bond acceptors (Lipinski definition) is 2. The van der Waals surface area contributed by atoms with E-state index in [4.69, 9.17) is 27.9 Å². The second-order valence-electron chi connectivity index (χ2n) is 5.70. The summed E-state index contributed by atoms with van der Waals surface area (Å²) < 4.78 is 5.45. The van der Waals surface area contributed by atoms with E-state index >= 15 is 0 Å². The lowest BCUT2D eigenvalue weighted by atomic mass is 10.2. The van der Waals surface area contributed by atoms with E-state index in [2.05, 4.69) is 11.9 Å². The topological polar surface area (TPSA) is 42.8 Å². The van der Waals surface area contributed by atoms with Gasteiger partial charge in [0.1, 0.15) is 18.9 Å². The minimum atomic E-state index is -0.140. The standard InChI is InChI=1S/C19H20Cl2N2O2/c1-3-11-25-15-9-7-14(8-10-15)12-23(2)13-18(24)22-19-16(20)5-4-6-17(19)21/h3-10H,1,11-13H2,2H3,(H,22,24)/p+1. The fraction of sp³-hybridized carbons (Fsp3) is 0.211. The Kier molecular flexibility index (Phi) is 7.31. The molecule has 0 bridgehead atoms. The van der Waals surface area contributed by atoms with Crippen molar-refractivity contribution in [1.29, 1.82) is 0 Å². The molecule has 25 heavy (non-hydrogen) atoms. The molecule has 6 heteroatoms. The molecule has 2 aromatic rings. The number of nitrogens with one attached hydrogen (secondary N) is 2. The summed E-state index contributed by atoms with van der Waals surface area (Å²) in [6.45, 7) is 5.12. The van der Waals surface area contributed by atoms with E-state index in [1.807, 2.05) is 31.3 Å². The highest BCUT2D eigenvalue weighted by molar-refractivity contribution is 6.39. The molecular weight excluding hydrogens is 359 g/mol. The van der Waals surface area contributed by atoms with Crippen molar-refractivity contribution in [2.45, 2.75) is 6.54 Å². The summed E-state index contributed by atoms with van der Waals surface area (Å²) in [7, 11) is 1.95. The van der Waals surface area contributed by atoms with Crippen LogP contribution in [-0.4, -0.2) is 26.1 Å². The number of anilines is 1. The number of carbonyl (C=O) groups excluding carboxylic acids is 1. The van der Waals surface area contributed by atoms with E-state index in [9.17, 15) is 4.79 Å². The van der Waals surface area contributed by atoms with Crippen LogP contribution in [0.5, 0.6) is 5.75 Å². The lowest BCUT2D eigenvalue weighted by molar-refractivity contribution is -0.885. The van der Waals surface area contributed by atoms with Crippen molar-refractivity contribution in [3.05, 3.63) is 70.7 Å². The molecule has 0 aliphatic heterocycles. The molecule has 1 atom stereocenters. The van der Waals surface area contributed by atoms with Crippen molar-refractivity contribution in [3.8, 4) is 5.75 Å². The van der Waals surface area contributed by atoms with Crippen molar-refractivity contribution >= 4 is 34.8 Å². The van der Waals surface area contributed by atoms with Gasteiger partial charge in [-0.15, -0.1) is 0 Å². The molecule has 0 aromatic heterocycles. The zero-order chi connectivity index (χ0) is 18.2. The molecule has 2 rings (SSSR count). The number of halogens is 2. The van der Waals surface area contributed by atoms with Crippen molar-refractivity contribution in [1.82, 2.24) is 0 Å². The first-order valence-electron chi connectivity index (χ1n) is 7.87. The lowest BCUT2D eigenvalue weighted by Gasteiger charge is -2.15. The highest BCUT2D eigenvalue weighted by Crippen LogP contribution is 2.29. The summed E-state index contributed by atoms with van der Waals surface area (Å²) in [5.74, 6) is 0.658. The Bertz CT molecular complexity index is 712. The second-order valence-corrected chi connectivity index (χ2v) is 6.51. The van der Waals surface area contributed by atoms with Gasteiger partial charge in [0.05, 0.1) is 22.8 Å². The number of hydrogen-bond donors (Lipinski definition) is 2. The first kappa shape index (κ1) is 19.3. The van der Waals surface area contributed by atoms with Crippen LogP contribution in [0.3, 0.4) is 0 Å². The predicted molar refractivity (Wildman–Crippen MR) is 103 cm³/mol. The first-order chi connectivity index (χ1) is 12.0.